The molecule has 0 N–H and O–H groups in total. The van der Waals surface area contributed by atoms with Crippen molar-refractivity contribution in [2.24, 2.45) is 4.99 Å². The van der Waals surface area contributed by atoms with E-state index >= 15 is 0 Å². The molecule has 0 spiro atoms. The average molecular weight is 437 g/mol. The summed E-state index contributed by atoms with van der Waals surface area (Å²) in [6.45, 7) is 0. The summed E-state index contributed by atoms with van der Waals surface area (Å²) in [7, 11) is 3.19. The Kier molecular flexibility index (Phi) is 6.81. The Morgan fingerprint density at radius 3 is 1.79 bits per heavy atom. The molecule has 0 bridgehead atoms. The lowest BCUT2D eigenvalue weighted by Crippen LogP contribution is -2.38. The van der Waals surface area contributed by atoms with E-state index in [0.717, 1.165) is 5.56 Å². The summed E-state index contributed by atoms with van der Waals surface area (Å²) in [6, 6.07) is 33.6. The number of anilines is 1. The second-order valence-electron chi connectivity index (χ2n) is 7.15. The lowest BCUT2D eigenvalue weighted by atomic mass is 10.1. The second kappa shape index (κ2) is 10.3. The molecule has 0 unspecified atom stereocenters. The zero-order chi connectivity index (χ0) is 23.0. The third-order valence-electron chi connectivity index (χ3n) is 5.11. The fourth-order valence-electron chi connectivity index (χ4n) is 3.51. The van der Waals surface area contributed by atoms with Gasteiger partial charge in [0.1, 0.15) is 23.0 Å². The SMILES string of the molecule is COc1ccccc1N=C(c1ccccc1)N(C(=O)c1ccccc1)c1ccccc1OC. The highest BCUT2D eigenvalue weighted by Crippen LogP contribution is 2.33. The monoisotopic (exact) mass is 436 g/mol. The van der Waals surface area contributed by atoms with Crippen molar-refractivity contribution >= 4 is 23.1 Å². The number of amides is 1. The van der Waals surface area contributed by atoms with Gasteiger partial charge in [0.2, 0.25) is 0 Å². The standard InChI is InChI=1S/C28H24N2O3/c1-32-25-19-11-9-17-23(25)29-27(21-13-5-3-6-14-21)30(24-18-10-12-20-26(24)33-2)28(31)22-15-7-4-8-16-22/h3-20H,1-2H3. The van der Waals surface area contributed by atoms with Crippen LogP contribution in [0, 0.1) is 0 Å². The largest absolute Gasteiger partial charge is 0.495 e. The zero-order valence-electron chi connectivity index (χ0n) is 18.5. The van der Waals surface area contributed by atoms with Crippen LogP contribution in [0.1, 0.15) is 15.9 Å². The fourth-order valence-corrected chi connectivity index (χ4v) is 3.51. The van der Waals surface area contributed by atoms with Crippen LogP contribution in [0.3, 0.4) is 0 Å². The summed E-state index contributed by atoms with van der Waals surface area (Å²) >= 11 is 0. The van der Waals surface area contributed by atoms with E-state index in [9.17, 15) is 4.79 Å². The molecule has 0 aliphatic heterocycles. The van der Waals surface area contributed by atoms with E-state index in [1.807, 2.05) is 97.1 Å². The van der Waals surface area contributed by atoms with Crippen molar-refractivity contribution in [3.8, 4) is 11.5 Å². The van der Waals surface area contributed by atoms with Gasteiger partial charge >= 0.3 is 0 Å². The van der Waals surface area contributed by atoms with E-state index in [1.54, 1.807) is 31.3 Å². The lowest BCUT2D eigenvalue weighted by Gasteiger charge is -2.26. The molecule has 1 amide bonds. The van der Waals surface area contributed by atoms with E-state index in [-0.39, 0.29) is 5.91 Å². The van der Waals surface area contributed by atoms with E-state index in [0.29, 0.717) is 34.3 Å². The topological polar surface area (TPSA) is 51.1 Å². The van der Waals surface area contributed by atoms with Crippen LogP contribution in [0.15, 0.2) is 114 Å². The van der Waals surface area contributed by atoms with Gasteiger partial charge in [-0.25, -0.2) is 4.99 Å². The van der Waals surface area contributed by atoms with Crippen molar-refractivity contribution in [1.29, 1.82) is 0 Å². The number of benzene rings is 4. The first-order valence-electron chi connectivity index (χ1n) is 10.5. The van der Waals surface area contributed by atoms with E-state index in [4.69, 9.17) is 14.5 Å². The maximum atomic E-state index is 13.9. The van der Waals surface area contributed by atoms with Crippen molar-refractivity contribution in [2.75, 3.05) is 19.1 Å². The molecule has 0 aliphatic carbocycles. The number of nitrogens with zero attached hydrogens (tertiary/aromatic N) is 2. The van der Waals surface area contributed by atoms with E-state index in [2.05, 4.69) is 0 Å². The smallest absolute Gasteiger partial charge is 0.264 e. The number of hydrogen-bond acceptors (Lipinski definition) is 4. The van der Waals surface area contributed by atoms with Gasteiger partial charge in [0.25, 0.3) is 5.91 Å². The van der Waals surface area contributed by atoms with Gasteiger partial charge in [-0.3, -0.25) is 9.69 Å². The number of para-hydroxylation sites is 4. The number of methoxy groups -OCH3 is 2. The molecular weight excluding hydrogens is 412 g/mol. The van der Waals surface area contributed by atoms with Crippen molar-refractivity contribution < 1.29 is 14.3 Å². The fraction of sp³-hybridized carbons (Fsp3) is 0.0714. The van der Waals surface area contributed by atoms with Crippen LogP contribution in [0.2, 0.25) is 0 Å². The summed E-state index contributed by atoms with van der Waals surface area (Å²) in [5.41, 5.74) is 2.51. The normalized spacial score (nSPS) is 11.0. The minimum Gasteiger partial charge on any atom is -0.495 e. The van der Waals surface area contributed by atoms with Gasteiger partial charge in [0.05, 0.1) is 19.9 Å². The molecule has 0 heterocycles. The number of rotatable bonds is 6. The molecule has 4 aromatic rings. The van der Waals surface area contributed by atoms with Crippen molar-refractivity contribution in [3.63, 3.8) is 0 Å². The lowest BCUT2D eigenvalue weighted by molar-refractivity contribution is 0.100. The molecule has 0 aromatic heterocycles. The first-order valence-corrected chi connectivity index (χ1v) is 10.5. The summed E-state index contributed by atoms with van der Waals surface area (Å²) in [5.74, 6) is 1.40. The van der Waals surface area contributed by atoms with E-state index < -0.39 is 0 Å². The molecule has 5 nitrogen and oxygen atoms in total. The number of aliphatic imine (C=N–C) groups is 1. The third kappa shape index (κ3) is 4.77. The molecule has 0 saturated heterocycles. The Balaban J connectivity index is 1.99. The highest BCUT2D eigenvalue weighted by molar-refractivity contribution is 6.28. The van der Waals surface area contributed by atoms with Crippen LogP contribution in [-0.4, -0.2) is 26.0 Å². The highest BCUT2D eigenvalue weighted by atomic mass is 16.5. The Morgan fingerprint density at radius 2 is 1.15 bits per heavy atom. The summed E-state index contributed by atoms with van der Waals surface area (Å²) in [4.78, 5) is 20.5. The first kappa shape index (κ1) is 21.8. The molecule has 164 valence electrons. The van der Waals surface area contributed by atoms with Crippen molar-refractivity contribution in [3.05, 3.63) is 120 Å². The number of carbonyl (C=O) groups excluding carboxylic acids is 1. The molecule has 0 atom stereocenters. The molecule has 4 aromatic carbocycles. The van der Waals surface area contributed by atoms with Gasteiger partial charge in [0.15, 0.2) is 0 Å². The minimum atomic E-state index is -0.224. The number of amidine groups is 1. The Labute approximate surface area is 193 Å². The Bertz CT molecular complexity index is 1250. The molecule has 0 saturated carbocycles. The predicted octanol–water partition coefficient (Wildman–Crippen LogP) is 6.13. The molecule has 33 heavy (non-hydrogen) atoms. The molecule has 0 aliphatic rings. The van der Waals surface area contributed by atoms with Gasteiger partial charge < -0.3 is 9.47 Å². The number of hydrogen-bond donors (Lipinski definition) is 0. The molecular formula is C28H24N2O3. The van der Waals surface area contributed by atoms with Crippen molar-refractivity contribution in [1.82, 2.24) is 0 Å². The van der Waals surface area contributed by atoms with Gasteiger partial charge in [-0.1, -0.05) is 72.8 Å². The van der Waals surface area contributed by atoms with Gasteiger partial charge in [-0.05, 0) is 36.4 Å². The average Bonchev–Trinajstić information content (AvgIpc) is 2.89. The van der Waals surface area contributed by atoms with Crippen molar-refractivity contribution in [2.45, 2.75) is 0 Å². The van der Waals surface area contributed by atoms with Crippen LogP contribution in [0.5, 0.6) is 11.5 Å². The zero-order valence-corrected chi connectivity index (χ0v) is 18.5. The number of ether oxygens (including phenoxy) is 2. The minimum absolute atomic E-state index is 0.224. The molecule has 4 rings (SSSR count). The van der Waals surface area contributed by atoms with Crippen LogP contribution in [0.4, 0.5) is 11.4 Å². The van der Waals surface area contributed by atoms with Crippen LogP contribution in [0.25, 0.3) is 0 Å². The quantitative estimate of drug-likeness (QED) is 0.270. The predicted molar refractivity (Wildman–Crippen MR) is 132 cm³/mol. The third-order valence-corrected chi connectivity index (χ3v) is 5.11. The van der Waals surface area contributed by atoms with Crippen LogP contribution < -0.4 is 14.4 Å². The van der Waals surface area contributed by atoms with E-state index in [1.165, 1.54) is 0 Å². The van der Waals surface area contributed by atoms with Gasteiger partial charge in [0, 0.05) is 11.1 Å². The number of carbonyl (C=O) groups is 1. The van der Waals surface area contributed by atoms with Crippen LogP contribution in [-0.2, 0) is 0 Å². The van der Waals surface area contributed by atoms with Gasteiger partial charge in [-0.2, -0.15) is 0 Å². The van der Waals surface area contributed by atoms with Gasteiger partial charge in [-0.15, -0.1) is 0 Å². The summed E-state index contributed by atoms with van der Waals surface area (Å²) in [6.07, 6.45) is 0. The Hall–Kier alpha value is -4.38. The maximum absolute atomic E-state index is 13.9. The summed E-state index contributed by atoms with van der Waals surface area (Å²) in [5, 5.41) is 0. The second-order valence-corrected chi connectivity index (χ2v) is 7.15. The molecule has 5 heteroatoms. The molecule has 0 radical (unpaired) electrons. The maximum Gasteiger partial charge on any atom is 0.264 e. The summed E-state index contributed by atoms with van der Waals surface area (Å²) < 4.78 is 11.1. The Morgan fingerprint density at radius 1 is 0.636 bits per heavy atom. The highest BCUT2D eigenvalue weighted by Gasteiger charge is 2.27. The van der Waals surface area contributed by atoms with Crippen LogP contribution >= 0.6 is 0 Å². The molecule has 0 fully saturated rings. The first-order chi connectivity index (χ1) is 16.2.